The van der Waals surface area contributed by atoms with Crippen molar-refractivity contribution < 1.29 is 9.47 Å². The number of benzene rings is 2. The maximum Gasteiger partial charge on any atom is 0.124 e. The summed E-state index contributed by atoms with van der Waals surface area (Å²) in [4.78, 5) is 0. The van der Waals surface area contributed by atoms with Crippen LogP contribution in [0.5, 0.6) is 11.5 Å². The van der Waals surface area contributed by atoms with Gasteiger partial charge in [0.1, 0.15) is 11.5 Å². The van der Waals surface area contributed by atoms with Crippen molar-refractivity contribution in [2.45, 2.75) is 25.6 Å². The van der Waals surface area contributed by atoms with Gasteiger partial charge in [0.25, 0.3) is 0 Å². The van der Waals surface area contributed by atoms with Gasteiger partial charge in [-0.15, -0.1) is 11.6 Å². The largest absolute Gasteiger partial charge is 0.494 e. The van der Waals surface area contributed by atoms with Crippen LogP contribution in [0.4, 0.5) is 0 Å². The summed E-state index contributed by atoms with van der Waals surface area (Å²) in [6, 6.07) is 12.4. The fraction of sp³-hybridized carbons (Fsp3) is 0.333. The lowest BCUT2D eigenvalue weighted by molar-refractivity contribution is 0.337. The fourth-order valence-corrected chi connectivity index (χ4v) is 3.00. The first-order valence-corrected chi connectivity index (χ1v) is 7.75. The molecule has 0 amide bonds. The highest BCUT2D eigenvalue weighted by Crippen LogP contribution is 2.38. The molecule has 0 saturated heterocycles. The molecular formula is C18H19ClO2. The number of alkyl halides is 1. The predicted octanol–water partition coefficient (Wildman–Crippen LogP) is 4.66. The molecule has 3 rings (SSSR count). The van der Waals surface area contributed by atoms with Gasteiger partial charge in [-0.3, -0.25) is 0 Å². The first kappa shape index (κ1) is 14.3. The molecule has 0 radical (unpaired) electrons. The lowest BCUT2D eigenvalue weighted by Crippen LogP contribution is -2.01. The fourth-order valence-electron chi connectivity index (χ4n) is 2.70. The Morgan fingerprint density at radius 1 is 1.24 bits per heavy atom. The molecule has 1 atom stereocenters. The van der Waals surface area contributed by atoms with E-state index in [9.17, 15) is 0 Å². The maximum atomic E-state index is 6.73. The molecule has 2 aromatic rings. The molecule has 1 aliphatic heterocycles. The van der Waals surface area contributed by atoms with E-state index in [1.54, 1.807) is 0 Å². The second-order valence-corrected chi connectivity index (χ2v) is 5.74. The zero-order valence-electron chi connectivity index (χ0n) is 12.4. The molecule has 0 spiro atoms. The highest BCUT2D eigenvalue weighted by Gasteiger charge is 2.19. The number of fused-ring (bicyclic) bond motifs is 1. The average Bonchev–Trinajstić information content (AvgIpc) is 2.96. The highest BCUT2D eigenvalue weighted by molar-refractivity contribution is 6.22. The minimum Gasteiger partial charge on any atom is -0.494 e. The second kappa shape index (κ2) is 5.98. The van der Waals surface area contributed by atoms with Crippen LogP contribution in [0.2, 0.25) is 0 Å². The Morgan fingerprint density at radius 2 is 2.10 bits per heavy atom. The van der Waals surface area contributed by atoms with Crippen LogP contribution in [-0.4, -0.2) is 13.2 Å². The third-order valence-electron chi connectivity index (χ3n) is 3.74. The van der Waals surface area contributed by atoms with Gasteiger partial charge < -0.3 is 9.47 Å². The summed E-state index contributed by atoms with van der Waals surface area (Å²) in [5, 5.41) is -0.211. The molecule has 1 aliphatic rings. The lowest BCUT2D eigenvalue weighted by Gasteiger charge is -2.17. The molecule has 0 saturated carbocycles. The van der Waals surface area contributed by atoms with E-state index in [4.69, 9.17) is 21.1 Å². The van der Waals surface area contributed by atoms with Crippen LogP contribution in [0.25, 0.3) is 0 Å². The summed E-state index contributed by atoms with van der Waals surface area (Å²) in [5.74, 6) is 1.84. The monoisotopic (exact) mass is 302 g/mol. The highest BCUT2D eigenvalue weighted by atomic mass is 35.5. The van der Waals surface area contributed by atoms with E-state index in [0.717, 1.165) is 35.7 Å². The van der Waals surface area contributed by atoms with Crippen molar-refractivity contribution in [3.8, 4) is 11.5 Å². The number of rotatable bonds is 4. The molecule has 0 N–H and O–H groups in total. The molecule has 0 fully saturated rings. The molecule has 2 aromatic carbocycles. The van der Waals surface area contributed by atoms with Crippen LogP contribution in [0.15, 0.2) is 36.4 Å². The Morgan fingerprint density at radius 3 is 2.90 bits per heavy atom. The topological polar surface area (TPSA) is 18.5 Å². The van der Waals surface area contributed by atoms with Crippen LogP contribution in [0.1, 0.15) is 34.6 Å². The lowest BCUT2D eigenvalue weighted by atomic mass is 9.99. The van der Waals surface area contributed by atoms with E-state index in [0.29, 0.717) is 6.61 Å². The standard InChI is InChI=1S/C18H19ClO2/c1-3-20-17-6-4-12(2)10-15(17)18(19)14-5-7-16-13(11-14)8-9-21-16/h4-7,10-11,18H,3,8-9H2,1-2H3. The molecule has 1 unspecified atom stereocenters. The third kappa shape index (κ3) is 2.86. The summed E-state index contributed by atoms with van der Waals surface area (Å²) in [6.07, 6.45) is 0.957. The third-order valence-corrected chi connectivity index (χ3v) is 4.23. The summed E-state index contributed by atoms with van der Waals surface area (Å²) in [6.45, 7) is 5.46. The van der Waals surface area contributed by atoms with Gasteiger partial charge >= 0.3 is 0 Å². The quantitative estimate of drug-likeness (QED) is 0.765. The van der Waals surface area contributed by atoms with Gasteiger partial charge in [0.2, 0.25) is 0 Å². The van der Waals surface area contributed by atoms with Crippen molar-refractivity contribution >= 4 is 11.6 Å². The Hall–Kier alpha value is -1.67. The van der Waals surface area contributed by atoms with Crippen molar-refractivity contribution in [3.05, 3.63) is 58.7 Å². The normalized spacial score (nSPS) is 14.4. The molecule has 0 aromatic heterocycles. The van der Waals surface area contributed by atoms with Gasteiger partial charge in [-0.05, 0) is 37.1 Å². The number of halogens is 1. The predicted molar refractivity (Wildman–Crippen MR) is 85.7 cm³/mol. The minimum absolute atomic E-state index is 0.211. The number of hydrogen-bond acceptors (Lipinski definition) is 2. The van der Waals surface area contributed by atoms with Crippen LogP contribution >= 0.6 is 11.6 Å². The van der Waals surface area contributed by atoms with E-state index >= 15 is 0 Å². The van der Waals surface area contributed by atoms with E-state index in [1.807, 2.05) is 25.1 Å². The Labute approximate surface area is 130 Å². The summed E-state index contributed by atoms with van der Waals surface area (Å²) in [5.41, 5.74) is 4.54. The van der Waals surface area contributed by atoms with Crippen molar-refractivity contribution in [1.29, 1.82) is 0 Å². The van der Waals surface area contributed by atoms with Gasteiger partial charge in [0.15, 0.2) is 0 Å². The molecular weight excluding hydrogens is 284 g/mol. The van der Waals surface area contributed by atoms with Crippen LogP contribution in [-0.2, 0) is 6.42 Å². The molecule has 3 heteroatoms. The molecule has 0 bridgehead atoms. The summed E-state index contributed by atoms with van der Waals surface area (Å²) < 4.78 is 11.3. The summed E-state index contributed by atoms with van der Waals surface area (Å²) >= 11 is 6.73. The number of ether oxygens (including phenoxy) is 2. The van der Waals surface area contributed by atoms with Crippen molar-refractivity contribution in [3.63, 3.8) is 0 Å². The smallest absolute Gasteiger partial charge is 0.124 e. The first-order chi connectivity index (χ1) is 10.2. The zero-order valence-corrected chi connectivity index (χ0v) is 13.1. The Kier molecular flexibility index (Phi) is 4.07. The SMILES string of the molecule is CCOc1ccc(C)cc1C(Cl)c1ccc2c(c1)CCO2. The molecule has 21 heavy (non-hydrogen) atoms. The molecule has 110 valence electrons. The molecule has 0 aliphatic carbocycles. The number of hydrogen-bond donors (Lipinski definition) is 0. The van der Waals surface area contributed by atoms with Gasteiger partial charge in [-0.1, -0.05) is 29.8 Å². The van der Waals surface area contributed by atoms with E-state index in [2.05, 4.69) is 25.1 Å². The van der Waals surface area contributed by atoms with Crippen molar-refractivity contribution in [2.75, 3.05) is 13.2 Å². The first-order valence-electron chi connectivity index (χ1n) is 7.32. The number of aryl methyl sites for hydroxylation is 1. The minimum atomic E-state index is -0.211. The van der Waals surface area contributed by atoms with Crippen molar-refractivity contribution in [2.24, 2.45) is 0 Å². The second-order valence-electron chi connectivity index (χ2n) is 5.30. The zero-order chi connectivity index (χ0) is 14.8. The Balaban J connectivity index is 1.97. The maximum absolute atomic E-state index is 6.73. The van der Waals surface area contributed by atoms with Crippen LogP contribution in [0.3, 0.4) is 0 Å². The van der Waals surface area contributed by atoms with Gasteiger partial charge in [-0.2, -0.15) is 0 Å². The van der Waals surface area contributed by atoms with Crippen LogP contribution in [0, 0.1) is 6.92 Å². The Bertz CT molecular complexity index is 652. The van der Waals surface area contributed by atoms with Gasteiger partial charge in [-0.25, -0.2) is 0 Å². The van der Waals surface area contributed by atoms with E-state index < -0.39 is 0 Å². The average molecular weight is 303 g/mol. The van der Waals surface area contributed by atoms with Crippen LogP contribution < -0.4 is 9.47 Å². The van der Waals surface area contributed by atoms with E-state index in [-0.39, 0.29) is 5.38 Å². The molecule has 1 heterocycles. The van der Waals surface area contributed by atoms with Gasteiger partial charge in [0.05, 0.1) is 18.6 Å². The van der Waals surface area contributed by atoms with Gasteiger partial charge in [0, 0.05) is 12.0 Å². The van der Waals surface area contributed by atoms with E-state index in [1.165, 1.54) is 11.1 Å². The summed E-state index contributed by atoms with van der Waals surface area (Å²) in [7, 11) is 0. The van der Waals surface area contributed by atoms with Crippen molar-refractivity contribution in [1.82, 2.24) is 0 Å². The molecule has 2 nitrogen and oxygen atoms in total.